The Balaban J connectivity index is 1.77. The number of anilines is 1. The van der Waals surface area contributed by atoms with Gasteiger partial charge in [0.25, 0.3) is 0 Å². The van der Waals surface area contributed by atoms with E-state index in [4.69, 9.17) is 0 Å². The Morgan fingerprint density at radius 1 is 1.33 bits per heavy atom. The van der Waals surface area contributed by atoms with E-state index in [1.807, 2.05) is 32.0 Å². The molecule has 0 aliphatic carbocycles. The fourth-order valence-corrected chi connectivity index (χ4v) is 3.04. The van der Waals surface area contributed by atoms with E-state index in [0.29, 0.717) is 11.7 Å². The van der Waals surface area contributed by atoms with Gasteiger partial charge in [-0.2, -0.15) is 16.9 Å². The molecule has 2 N–H and O–H groups in total. The quantitative estimate of drug-likeness (QED) is 0.858. The summed E-state index contributed by atoms with van der Waals surface area (Å²) in [6.45, 7) is 5.97. The van der Waals surface area contributed by atoms with Crippen LogP contribution < -0.4 is 5.32 Å². The van der Waals surface area contributed by atoms with E-state index in [-0.39, 0.29) is 5.91 Å². The minimum atomic E-state index is 0.0212. The number of hydrogen-bond donors (Lipinski definition) is 2. The van der Waals surface area contributed by atoms with E-state index in [0.717, 1.165) is 22.8 Å². The zero-order valence-corrected chi connectivity index (χ0v) is 13.5. The third kappa shape index (κ3) is 4.36. The van der Waals surface area contributed by atoms with Gasteiger partial charge in [0.2, 0.25) is 5.91 Å². The van der Waals surface area contributed by atoms with Crippen LogP contribution in [-0.2, 0) is 4.79 Å². The number of amides is 1. The molecule has 2 rings (SSSR count). The van der Waals surface area contributed by atoms with E-state index in [1.54, 1.807) is 11.8 Å². The number of benzene rings is 1. The molecule has 0 spiro atoms. The van der Waals surface area contributed by atoms with E-state index >= 15 is 0 Å². The molecule has 1 heterocycles. The third-order valence-corrected chi connectivity index (χ3v) is 4.56. The number of H-pyrrole nitrogens is 1. The first-order valence-corrected chi connectivity index (χ1v) is 8.17. The molecule has 0 radical (unpaired) electrons. The smallest absolute Gasteiger partial charge is 0.234 e. The molecule has 0 saturated carbocycles. The normalized spacial score (nSPS) is 12.1. The predicted molar refractivity (Wildman–Crippen MR) is 88.9 cm³/mol. The topological polar surface area (TPSA) is 57.8 Å². The second-order valence-corrected chi connectivity index (χ2v) is 6.21. The van der Waals surface area contributed by atoms with Crippen molar-refractivity contribution in [1.82, 2.24) is 10.2 Å². The molecule has 0 unspecified atom stereocenters. The van der Waals surface area contributed by atoms with Crippen molar-refractivity contribution < 1.29 is 4.79 Å². The molecular formula is C16H21N3OS. The number of thioether (sulfide) groups is 1. The number of hydrogen-bond acceptors (Lipinski definition) is 3. The number of aryl methyl sites for hydroxylation is 2. The molecule has 0 saturated heterocycles. The SMILES string of the molecule is Cc1n[nH]c(C)c1NC(=O)CSC[C@@H](C)c1ccccc1. The van der Waals surface area contributed by atoms with Gasteiger partial charge in [-0.05, 0) is 25.3 Å². The van der Waals surface area contributed by atoms with Gasteiger partial charge in [-0.1, -0.05) is 37.3 Å². The lowest BCUT2D eigenvalue weighted by atomic mass is 10.0. The van der Waals surface area contributed by atoms with Gasteiger partial charge in [-0.15, -0.1) is 0 Å². The Kier molecular flexibility index (Phi) is 5.44. The summed E-state index contributed by atoms with van der Waals surface area (Å²) in [7, 11) is 0. The maximum absolute atomic E-state index is 12.0. The number of nitrogens with zero attached hydrogens (tertiary/aromatic N) is 1. The van der Waals surface area contributed by atoms with Crippen molar-refractivity contribution in [3.8, 4) is 0 Å². The van der Waals surface area contributed by atoms with E-state index < -0.39 is 0 Å². The molecular weight excluding hydrogens is 282 g/mol. The van der Waals surface area contributed by atoms with Crippen LogP contribution in [0.25, 0.3) is 0 Å². The molecule has 2 aromatic rings. The molecule has 0 aliphatic heterocycles. The molecule has 1 atom stereocenters. The highest BCUT2D eigenvalue weighted by Crippen LogP contribution is 2.21. The number of nitrogens with one attached hydrogen (secondary N) is 2. The monoisotopic (exact) mass is 303 g/mol. The summed E-state index contributed by atoms with van der Waals surface area (Å²) in [5.41, 5.74) is 3.83. The van der Waals surface area contributed by atoms with Crippen molar-refractivity contribution in [2.75, 3.05) is 16.8 Å². The summed E-state index contributed by atoms with van der Waals surface area (Å²) in [4.78, 5) is 12.0. The van der Waals surface area contributed by atoms with Crippen molar-refractivity contribution in [3.63, 3.8) is 0 Å². The van der Waals surface area contributed by atoms with Crippen LogP contribution in [0.5, 0.6) is 0 Å². The Morgan fingerprint density at radius 2 is 2.05 bits per heavy atom. The Morgan fingerprint density at radius 3 is 2.67 bits per heavy atom. The molecule has 112 valence electrons. The molecule has 4 nitrogen and oxygen atoms in total. The highest BCUT2D eigenvalue weighted by molar-refractivity contribution is 8.00. The average Bonchev–Trinajstić information content (AvgIpc) is 2.80. The molecule has 0 aliphatic rings. The van der Waals surface area contributed by atoms with Crippen molar-refractivity contribution in [2.45, 2.75) is 26.7 Å². The van der Waals surface area contributed by atoms with Crippen LogP contribution in [-0.4, -0.2) is 27.6 Å². The summed E-state index contributed by atoms with van der Waals surface area (Å²) < 4.78 is 0. The maximum atomic E-state index is 12.0. The highest BCUT2D eigenvalue weighted by Gasteiger charge is 2.11. The first-order chi connectivity index (χ1) is 10.1. The van der Waals surface area contributed by atoms with E-state index in [2.05, 4.69) is 34.6 Å². The number of carbonyl (C=O) groups is 1. The largest absolute Gasteiger partial charge is 0.322 e. The second kappa shape index (κ2) is 7.31. The number of rotatable bonds is 6. The summed E-state index contributed by atoms with van der Waals surface area (Å²) >= 11 is 1.66. The predicted octanol–water partition coefficient (Wildman–Crippen LogP) is 3.50. The standard InChI is InChI=1S/C16H21N3OS/c1-11(14-7-5-4-6-8-14)9-21-10-15(20)17-16-12(2)18-19-13(16)3/h4-8,11H,9-10H2,1-3H3,(H,17,20)(H,18,19)/t11-/m1/s1. The Hall–Kier alpha value is -1.75. The first-order valence-electron chi connectivity index (χ1n) is 7.02. The molecule has 1 aromatic heterocycles. The minimum absolute atomic E-state index is 0.0212. The third-order valence-electron chi connectivity index (χ3n) is 3.36. The fraction of sp³-hybridized carbons (Fsp3) is 0.375. The lowest BCUT2D eigenvalue weighted by molar-refractivity contribution is -0.113. The van der Waals surface area contributed by atoms with Crippen LogP contribution >= 0.6 is 11.8 Å². The van der Waals surface area contributed by atoms with Crippen LogP contribution in [0, 0.1) is 13.8 Å². The number of aromatic nitrogens is 2. The van der Waals surface area contributed by atoms with Crippen molar-refractivity contribution in [3.05, 3.63) is 47.3 Å². The fourth-order valence-electron chi connectivity index (χ4n) is 2.12. The van der Waals surface area contributed by atoms with Gasteiger partial charge in [0.05, 0.1) is 22.8 Å². The molecule has 0 fully saturated rings. The van der Waals surface area contributed by atoms with Crippen LogP contribution in [0.15, 0.2) is 30.3 Å². The molecule has 1 amide bonds. The van der Waals surface area contributed by atoms with Crippen LogP contribution in [0.3, 0.4) is 0 Å². The van der Waals surface area contributed by atoms with Crippen molar-refractivity contribution in [1.29, 1.82) is 0 Å². The van der Waals surface area contributed by atoms with Gasteiger partial charge in [0.15, 0.2) is 0 Å². The maximum Gasteiger partial charge on any atom is 0.234 e. The van der Waals surface area contributed by atoms with E-state index in [9.17, 15) is 4.79 Å². The van der Waals surface area contributed by atoms with Crippen molar-refractivity contribution in [2.24, 2.45) is 0 Å². The van der Waals surface area contributed by atoms with Gasteiger partial charge in [-0.25, -0.2) is 0 Å². The lowest BCUT2D eigenvalue weighted by Gasteiger charge is -2.11. The number of aromatic amines is 1. The summed E-state index contributed by atoms with van der Waals surface area (Å²) in [6.07, 6.45) is 0. The van der Waals surface area contributed by atoms with Gasteiger partial charge in [-0.3, -0.25) is 9.89 Å². The van der Waals surface area contributed by atoms with Crippen LogP contribution in [0.4, 0.5) is 5.69 Å². The van der Waals surface area contributed by atoms with E-state index in [1.165, 1.54) is 5.56 Å². The summed E-state index contributed by atoms with van der Waals surface area (Å²) in [5, 5.41) is 9.86. The zero-order chi connectivity index (χ0) is 15.2. The minimum Gasteiger partial charge on any atom is -0.322 e. The summed E-state index contributed by atoms with van der Waals surface area (Å²) in [5.74, 6) is 1.86. The van der Waals surface area contributed by atoms with Crippen LogP contribution in [0.1, 0.15) is 29.8 Å². The van der Waals surface area contributed by atoms with Crippen LogP contribution in [0.2, 0.25) is 0 Å². The van der Waals surface area contributed by atoms with Gasteiger partial charge in [0, 0.05) is 5.75 Å². The molecule has 0 bridgehead atoms. The average molecular weight is 303 g/mol. The second-order valence-electron chi connectivity index (χ2n) is 5.18. The zero-order valence-electron chi connectivity index (χ0n) is 12.6. The summed E-state index contributed by atoms with van der Waals surface area (Å²) in [6, 6.07) is 10.4. The van der Waals surface area contributed by atoms with Crippen molar-refractivity contribution >= 4 is 23.4 Å². The highest BCUT2D eigenvalue weighted by atomic mass is 32.2. The van der Waals surface area contributed by atoms with Gasteiger partial charge in [0.1, 0.15) is 0 Å². The molecule has 1 aromatic carbocycles. The molecule has 21 heavy (non-hydrogen) atoms. The Bertz CT molecular complexity index is 575. The Labute approximate surface area is 129 Å². The first kappa shape index (κ1) is 15.6. The van der Waals surface area contributed by atoms with Gasteiger partial charge >= 0.3 is 0 Å². The number of carbonyl (C=O) groups excluding carboxylic acids is 1. The van der Waals surface area contributed by atoms with Gasteiger partial charge < -0.3 is 5.32 Å². The lowest BCUT2D eigenvalue weighted by Crippen LogP contribution is -2.15. The molecule has 5 heteroatoms.